The molecule has 0 bridgehead atoms. The number of anilines is 1. The first kappa shape index (κ1) is 16.3. The van der Waals surface area contributed by atoms with Crippen LogP contribution in [0.15, 0.2) is 35.7 Å². The van der Waals surface area contributed by atoms with E-state index in [1.165, 1.54) is 4.88 Å². The number of hydrogen-bond donors (Lipinski definition) is 1. The molecule has 1 aromatic heterocycles. The minimum absolute atomic E-state index is 0.0472. The van der Waals surface area contributed by atoms with Crippen molar-refractivity contribution in [3.63, 3.8) is 0 Å². The van der Waals surface area contributed by atoms with E-state index in [0.717, 1.165) is 19.4 Å². The summed E-state index contributed by atoms with van der Waals surface area (Å²) in [6, 6.07) is 9.76. The Morgan fingerprint density at radius 2 is 2.35 bits per heavy atom. The number of methoxy groups -OCH3 is 1. The first-order chi connectivity index (χ1) is 11.2. The van der Waals surface area contributed by atoms with Crippen LogP contribution in [0.3, 0.4) is 0 Å². The number of amides is 1. The SMILES string of the molecule is COc1ccc(Cl)cc1NC(=O)CN1CCC[C@@H]1c1cccs1. The average molecular weight is 351 g/mol. The molecule has 1 aromatic carbocycles. The van der Waals surface area contributed by atoms with Crippen molar-refractivity contribution in [1.82, 2.24) is 4.90 Å². The van der Waals surface area contributed by atoms with Crippen molar-refractivity contribution < 1.29 is 9.53 Å². The lowest BCUT2D eigenvalue weighted by molar-refractivity contribution is -0.117. The monoisotopic (exact) mass is 350 g/mol. The number of nitrogens with zero attached hydrogens (tertiary/aromatic N) is 1. The molecule has 1 N–H and O–H groups in total. The fourth-order valence-corrected chi connectivity index (χ4v) is 4.04. The lowest BCUT2D eigenvalue weighted by atomic mass is 10.2. The molecule has 0 radical (unpaired) electrons. The maximum Gasteiger partial charge on any atom is 0.238 e. The summed E-state index contributed by atoms with van der Waals surface area (Å²) in [6.07, 6.45) is 2.23. The standard InChI is InChI=1S/C17H19ClN2O2S/c1-22-15-7-6-12(18)10-13(15)19-17(21)11-20-8-2-4-14(20)16-5-3-9-23-16/h3,5-7,9-10,14H,2,4,8,11H2,1H3,(H,19,21)/t14-/m1/s1. The van der Waals surface area contributed by atoms with Gasteiger partial charge in [0.2, 0.25) is 5.91 Å². The highest BCUT2D eigenvalue weighted by Gasteiger charge is 2.28. The van der Waals surface area contributed by atoms with Crippen molar-refractivity contribution in [2.75, 3.05) is 25.5 Å². The van der Waals surface area contributed by atoms with E-state index in [1.54, 1.807) is 36.6 Å². The lowest BCUT2D eigenvalue weighted by Crippen LogP contribution is -2.32. The number of hydrogen-bond acceptors (Lipinski definition) is 4. The van der Waals surface area contributed by atoms with Crippen molar-refractivity contribution in [3.8, 4) is 5.75 Å². The van der Waals surface area contributed by atoms with Crippen molar-refractivity contribution in [2.45, 2.75) is 18.9 Å². The maximum atomic E-state index is 12.4. The summed E-state index contributed by atoms with van der Waals surface area (Å²) in [7, 11) is 1.58. The quantitative estimate of drug-likeness (QED) is 0.879. The molecule has 2 aromatic rings. The van der Waals surface area contributed by atoms with Gasteiger partial charge in [0.15, 0.2) is 0 Å². The fourth-order valence-electron chi connectivity index (χ4n) is 2.97. The van der Waals surface area contributed by atoms with Crippen molar-refractivity contribution in [3.05, 3.63) is 45.6 Å². The number of rotatable bonds is 5. The van der Waals surface area contributed by atoms with Crippen LogP contribution >= 0.6 is 22.9 Å². The minimum Gasteiger partial charge on any atom is -0.495 e. The van der Waals surface area contributed by atoms with E-state index in [4.69, 9.17) is 16.3 Å². The number of likely N-dealkylation sites (tertiary alicyclic amines) is 1. The molecule has 6 heteroatoms. The molecule has 23 heavy (non-hydrogen) atoms. The van der Waals surface area contributed by atoms with E-state index in [1.807, 2.05) is 0 Å². The van der Waals surface area contributed by atoms with Crippen LogP contribution in [-0.4, -0.2) is 31.0 Å². The van der Waals surface area contributed by atoms with Gasteiger partial charge >= 0.3 is 0 Å². The highest BCUT2D eigenvalue weighted by Crippen LogP contribution is 2.34. The molecule has 1 amide bonds. The molecule has 0 saturated carbocycles. The Labute approximate surface area is 145 Å². The van der Waals surface area contributed by atoms with Crippen LogP contribution in [0, 0.1) is 0 Å². The van der Waals surface area contributed by atoms with Crippen molar-refractivity contribution in [1.29, 1.82) is 0 Å². The molecule has 122 valence electrons. The average Bonchev–Trinajstić information content (AvgIpc) is 3.18. The summed E-state index contributed by atoms with van der Waals surface area (Å²) < 4.78 is 5.27. The van der Waals surface area contributed by atoms with E-state index < -0.39 is 0 Å². The van der Waals surface area contributed by atoms with Gasteiger partial charge in [-0.25, -0.2) is 0 Å². The molecule has 2 heterocycles. The summed E-state index contributed by atoms with van der Waals surface area (Å²) in [5.74, 6) is 0.563. The normalized spacial score (nSPS) is 18.1. The largest absolute Gasteiger partial charge is 0.495 e. The van der Waals surface area contributed by atoms with Crippen LogP contribution in [-0.2, 0) is 4.79 Å². The summed E-state index contributed by atoms with van der Waals surface area (Å²) in [5.41, 5.74) is 0.608. The van der Waals surface area contributed by atoms with E-state index in [9.17, 15) is 4.79 Å². The van der Waals surface area contributed by atoms with Crippen LogP contribution in [0.2, 0.25) is 5.02 Å². The molecule has 0 spiro atoms. The van der Waals surface area contributed by atoms with Gasteiger partial charge < -0.3 is 10.1 Å². The van der Waals surface area contributed by atoms with Gasteiger partial charge in [0.1, 0.15) is 5.75 Å². The molecular weight excluding hydrogens is 332 g/mol. The smallest absolute Gasteiger partial charge is 0.238 e. The van der Waals surface area contributed by atoms with Crippen LogP contribution in [0.5, 0.6) is 5.75 Å². The van der Waals surface area contributed by atoms with Gasteiger partial charge in [-0.2, -0.15) is 0 Å². The molecule has 1 atom stereocenters. The number of benzene rings is 1. The zero-order valence-electron chi connectivity index (χ0n) is 12.9. The molecule has 1 aliphatic heterocycles. The number of carbonyl (C=O) groups excluding carboxylic acids is 1. The zero-order chi connectivity index (χ0) is 16.2. The number of halogens is 1. The fraction of sp³-hybridized carbons (Fsp3) is 0.353. The molecule has 1 aliphatic rings. The third-order valence-corrected chi connectivity index (χ3v) is 5.23. The Hall–Kier alpha value is -1.56. The third-order valence-electron chi connectivity index (χ3n) is 4.02. The Kier molecular flexibility index (Phi) is 5.20. The Balaban J connectivity index is 1.66. The predicted molar refractivity (Wildman–Crippen MR) is 94.5 cm³/mol. The summed E-state index contributed by atoms with van der Waals surface area (Å²) in [4.78, 5) is 16.0. The third kappa shape index (κ3) is 3.86. The minimum atomic E-state index is -0.0472. The highest BCUT2D eigenvalue weighted by atomic mass is 35.5. The van der Waals surface area contributed by atoms with Crippen LogP contribution in [0.1, 0.15) is 23.8 Å². The van der Waals surface area contributed by atoms with Gasteiger partial charge in [0.25, 0.3) is 0 Å². The van der Waals surface area contributed by atoms with E-state index in [-0.39, 0.29) is 5.91 Å². The molecular formula is C17H19ClN2O2S. The molecule has 1 fully saturated rings. The first-order valence-electron chi connectivity index (χ1n) is 7.58. The first-order valence-corrected chi connectivity index (χ1v) is 8.84. The molecule has 0 aliphatic carbocycles. The van der Waals surface area contributed by atoms with Crippen molar-refractivity contribution in [2.24, 2.45) is 0 Å². The van der Waals surface area contributed by atoms with Crippen LogP contribution in [0.4, 0.5) is 5.69 Å². The summed E-state index contributed by atoms with van der Waals surface area (Å²) in [6.45, 7) is 1.32. The summed E-state index contributed by atoms with van der Waals surface area (Å²) >= 11 is 7.75. The van der Waals surface area contributed by atoms with Gasteiger partial charge in [-0.15, -0.1) is 11.3 Å². The Morgan fingerprint density at radius 3 is 3.09 bits per heavy atom. The van der Waals surface area contributed by atoms with Gasteiger partial charge in [0.05, 0.1) is 19.3 Å². The zero-order valence-corrected chi connectivity index (χ0v) is 14.5. The molecule has 3 rings (SSSR count). The topological polar surface area (TPSA) is 41.6 Å². The van der Waals surface area contributed by atoms with Crippen LogP contribution in [0.25, 0.3) is 0 Å². The Bertz CT molecular complexity index is 675. The molecule has 0 unspecified atom stereocenters. The Morgan fingerprint density at radius 1 is 1.48 bits per heavy atom. The van der Waals surface area contributed by atoms with E-state index >= 15 is 0 Å². The van der Waals surface area contributed by atoms with Crippen molar-refractivity contribution >= 4 is 34.5 Å². The second-order valence-corrected chi connectivity index (χ2v) is 6.95. The van der Waals surface area contributed by atoms with Gasteiger partial charge in [-0.3, -0.25) is 9.69 Å². The van der Waals surface area contributed by atoms with Gasteiger partial charge in [-0.1, -0.05) is 17.7 Å². The summed E-state index contributed by atoms with van der Waals surface area (Å²) in [5, 5.41) is 5.56. The van der Waals surface area contributed by atoms with E-state index in [0.29, 0.717) is 29.0 Å². The van der Waals surface area contributed by atoms with Gasteiger partial charge in [-0.05, 0) is 49.0 Å². The second-order valence-electron chi connectivity index (χ2n) is 5.54. The number of thiophene rings is 1. The number of nitrogens with one attached hydrogen (secondary N) is 1. The van der Waals surface area contributed by atoms with E-state index in [2.05, 4.69) is 27.7 Å². The number of ether oxygens (including phenoxy) is 1. The molecule has 4 nitrogen and oxygen atoms in total. The molecule has 1 saturated heterocycles. The maximum absolute atomic E-state index is 12.4. The number of carbonyl (C=O) groups is 1. The highest BCUT2D eigenvalue weighted by molar-refractivity contribution is 7.10. The predicted octanol–water partition coefficient (Wildman–Crippen LogP) is 4.19. The lowest BCUT2D eigenvalue weighted by Gasteiger charge is -2.23. The second kappa shape index (κ2) is 7.34. The van der Waals surface area contributed by atoms with Crippen LogP contribution < -0.4 is 10.1 Å². The van der Waals surface area contributed by atoms with Gasteiger partial charge in [0, 0.05) is 15.9 Å².